The van der Waals surface area contributed by atoms with Gasteiger partial charge in [0.15, 0.2) is 0 Å². The number of carbonyl (C=O) groups excluding carboxylic acids is 1. The maximum atomic E-state index is 12.5. The van der Waals surface area contributed by atoms with Crippen LogP contribution in [0.2, 0.25) is 0 Å². The van der Waals surface area contributed by atoms with Gasteiger partial charge >= 0.3 is 0 Å². The standard InChI is InChI=1S/C17H22N2O2S/c1-11-7-9-13(10-8-11)18-16(20)12(2)19-17(21)14-5-3-4-6-15(14)22-19/h3-6,11-13H,7-10H2,1-2H3,(H,18,20)/t11?,12-,13?/m0/s1. The molecule has 0 spiro atoms. The number of hydrogen-bond donors (Lipinski definition) is 1. The van der Waals surface area contributed by atoms with E-state index in [4.69, 9.17) is 0 Å². The van der Waals surface area contributed by atoms with Crippen LogP contribution in [-0.2, 0) is 4.79 Å². The van der Waals surface area contributed by atoms with Crippen LogP contribution in [0, 0.1) is 5.92 Å². The summed E-state index contributed by atoms with van der Waals surface area (Å²) in [6.45, 7) is 4.06. The molecular weight excluding hydrogens is 296 g/mol. The molecule has 1 saturated carbocycles. The second kappa shape index (κ2) is 6.24. The Morgan fingerprint density at radius 1 is 1.27 bits per heavy atom. The van der Waals surface area contributed by atoms with E-state index in [9.17, 15) is 9.59 Å². The quantitative estimate of drug-likeness (QED) is 0.944. The summed E-state index contributed by atoms with van der Waals surface area (Å²) in [5.74, 6) is 0.712. The maximum Gasteiger partial charge on any atom is 0.269 e. The molecule has 0 aliphatic heterocycles. The Balaban J connectivity index is 1.74. The van der Waals surface area contributed by atoms with Crippen molar-refractivity contribution in [3.63, 3.8) is 0 Å². The Kier molecular flexibility index (Phi) is 4.34. The molecule has 1 aliphatic carbocycles. The molecule has 1 amide bonds. The van der Waals surface area contributed by atoms with Gasteiger partial charge in [0.25, 0.3) is 5.56 Å². The van der Waals surface area contributed by atoms with Crippen molar-refractivity contribution < 1.29 is 4.79 Å². The van der Waals surface area contributed by atoms with Gasteiger partial charge in [0, 0.05) is 6.04 Å². The van der Waals surface area contributed by atoms with Crippen molar-refractivity contribution in [1.29, 1.82) is 0 Å². The van der Waals surface area contributed by atoms with E-state index in [-0.39, 0.29) is 17.5 Å². The molecule has 1 aromatic carbocycles. The first-order chi connectivity index (χ1) is 10.6. The van der Waals surface area contributed by atoms with Gasteiger partial charge in [-0.3, -0.25) is 13.5 Å². The van der Waals surface area contributed by atoms with Crippen LogP contribution >= 0.6 is 11.5 Å². The van der Waals surface area contributed by atoms with E-state index in [1.54, 1.807) is 10.9 Å². The summed E-state index contributed by atoms with van der Waals surface area (Å²) in [4.78, 5) is 24.9. The Morgan fingerprint density at radius 2 is 1.95 bits per heavy atom. The number of amides is 1. The lowest BCUT2D eigenvalue weighted by molar-refractivity contribution is -0.124. The summed E-state index contributed by atoms with van der Waals surface area (Å²) in [7, 11) is 0. The zero-order chi connectivity index (χ0) is 15.7. The Labute approximate surface area is 134 Å². The second-order valence-electron chi connectivity index (χ2n) is 6.36. The average molecular weight is 318 g/mol. The monoisotopic (exact) mass is 318 g/mol. The van der Waals surface area contributed by atoms with Crippen LogP contribution in [0.4, 0.5) is 0 Å². The van der Waals surface area contributed by atoms with Crippen LogP contribution in [0.5, 0.6) is 0 Å². The molecular formula is C17H22N2O2S. The number of nitrogens with one attached hydrogen (secondary N) is 1. The van der Waals surface area contributed by atoms with E-state index in [0.717, 1.165) is 23.5 Å². The van der Waals surface area contributed by atoms with E-state index in [0.29, 0.717) is 5.39 Å². The van der Waals surface area contributed by atoms with E-state index in [2.05, 4.69) is 12.2 Å². The fourth-order valence-electron chi connectivity index (χ4n) is 3.08. The van der Waals surface area contributed by atoms with Gasteiger partial charge in [-0.15, -0.1) is 0 Å². The molecule has 1 aromatic heterocycles. The summed E-state index contributed by atoms with van der Waals surface area (Å²) < 4.78 is 2.52. The predicted octanol–water partition coefficient (Wildman–Crippen LogP) is 3.32. The highest BCUT2D eigenvalue weighted by atomic mass is 32.1. The van der Waals surface area contributed by atoms with Crippen molar-refractivity contribution in [3.05, 3.63) is 34.6 Å². The fourth-order valence-corrected chi connectivity index (χ4v) is 4.12. The summed E-state index contributed by atoms with van der Waals surface area (Å²) >= 11 is 1.37. The summed E-state index contributed by atoms with van der Waals surface area (Å²) in [6.07, 6.45) is 4.42. The smallest absolute Gasteiger partial charge is 0.269 e. The largest absolute Gasteiger partial charge is 0.352 e. The van der Waals surface area contributed by atoms with Crippen molar-refractivity contribution in [1.82, 2.24) is 9.27 Å². The first-order valence-electron chi connectivity index (χ1n) is 7.97. The van der Waals surface area contributed by atoms with Crippen molar-refractivity contribution >= 4 is 27.5 Å². The van der Waals surface area contributed by atoms with E-state index in [1.165, 1.54) is 24.4 Å². The van der Waals surface area contributed by atoms with Crippen LogP contribution in [0.15, 0.2) is 29.1 Å². The van der Waals surface area contributed by atoms with Gasteiger partial charge in [0.1, 0.15) is 6.04 Å². The van der Waals surface area contributed by atoms with Gasteiger partial charge in [-0.05, 0) is 50.7 Å². The van der Waals surface area contributed by atoms with Crippen LogP contribution in [0.25, 0.3) is 10.1 Å². The lowest BCUT2D eigenvalue weighted by Gasteiger charge is -2.27. The van der Waals surface area contributed by atoms with E-state index < -0.39 is 6.04 Å². The second-order valence-corrected chi connectivity index (χ2v) is 7.38. The number of benzene rings is 1. The molecule has 1 heterocycles. The van der Waals surface area contributed by atoms with Crippen LogP contribution in [0.3, 0.4) is 0 Å². The number of nitrogens with zero attached hydrogens (tertiary/aromatic N) is 1. The molecule has 0 radical (unpaired) electrons. The Bertz CT molecular complexity index is 726. The molecule has 2 aromatic rings. The van der Waals surface area contributed by atoms with Crippen molar-refractivity contribution in [3.8, 4) is 0 Å². The molecule has 0 bridgehead atoms. The van der Waals surface area contributed by atoms with E-state index in [1.807, 2.05) is 24.3 Å². The Hall–Kier alpha value is -1.62. The van der Waals surface area contributed by atoms with Gasteiger partial charge in [0.05, 0.1) is 10.1 Å². The SMILES string of the molecule is CC1CCC(NC(=O)[C@H](C)n2sc3ccccc3c2=O)CC1. The highest BCUT2D eigenvalue weighted by molar-refractivity contribution is 7.14. The zero-order valence-electron chi connectivity index (χ0n) is 13.0. The molecule has 3 rings (SSSR count). The van der Waals surface area contributed by atoms with Gasteiger partial charge in [0.2, 0.25) is 5.91 Å². The number of carbonyl (C=O) groups is 1. The maximum absolute atomic E-state index is 12.5. The molecule has 1 atom stereocenters. The summed E-state index contributed by atoms with van der Waals surface area (Å²) in [5.41, 5.74) is -0.0690. The van der Waals surface area contributed by atoms with Gasteiger partial charge < -0.3 is 5.32 Å². The van der Waals surface area contributed by atoms with Crippen LogP contribution < -0.4 is 10.9 Å². The molecule has 0 unspecified atom stereocenters. The molecule has 1 aliphatic rings. The van der Waals surface area contributed by atoms with Crippen molar-refractivity contribution in [2.24, 2.45) is 5.92 Å². The van der Waals surface area contributed by atoms with E-state index >= 15 is 0 Å². The highest BCUT2D eigenvalue weighted by Crippen LogP contribution is 2.24. The topological polar surface area (TPSA) is 51.1 Å². The number of hydrogen-bond acceptors (Lipinski definition) is 3. The molecule has 118 valence electrons. The molecule has 22 heavy (non-hydrogen) atoms. The third-order valence-electron chi connectivity index (χ3n) is 4.61. The minimum atomic E-state index is -0.454. The minimum Gasteiger partial charge on any atom is -0.352 e. The highest BCUT2D eigenvalue weighted by Gasteiger charge is 2.24. The first kappa shape index (κ1) is 15.3. The third kappa shape index (κ3) is 2.95. The number of fused-ring (bicyclic) bond motifs is 1. The predicted molar refractivity (Wildman–Crippen MR) is 90.4 cm³/mol. The number of rotatable bonds is 3. The molecule has 1 N–H and O–H groups in total. The lowest BCUT2D eigenvalue weighted by atomic mass is 9.87. The van der Waals surface area contributed by atoms with Crippen molar-refractivity contribution in [2.75, 3.05) is 0 Å². The summed E-state index contributed by atoms with van der Waals surface area (Å²) in [6, 6.07) is 7.31. The van der Waals surface area contributed by atoms with Gasteiger partial charge in [-0.2, -0.15) is 0 Å². The lowest BCUT2D eigenvalue weighted by Crippen LogP contribution is -2.41. The molecule has 1 fully saturated rings. The average Bonchev–Trinajstić information content (AvgIpc) is 2.86. The fraction of sp³-hybridized carbons (Fsp3) is 0.529. The normalized spacial score (nSPS) is 23.4. The minimum absolute atomic E-state index is 0.0480. The molecule has 5 heteroatoms. The Morgan fingerprint density at radius 3 is 2.64 bits per heavy atom. The first-order valence-corrected chi connectivity index (χ1v) is 8.74. The molecule has 4 nitrogen and oxygen atoms in total. The zero-order valence-corrected chi connectivity index (χ0v) is 13.9. The van der Waals surface area contributed by atoms with Gasteiger partial charge in [-0.1, -0.05) is 30.6 Å². The van der Waals surface area contributed by atoms with Crippen molar-refractivity contribution in [2.45, 2.75) is 51.6 Å². The van der Waals surface area contributed by atoms with Crippen LogP contribution in [-0.4, -0.2) is 15.9 Å². The van der Waals surface area contributed by atoms with Gasteiger partial charge in [-0.25, -0.2) is 0 Å². The molecule has 0 saturated heterocycles. The summed E-state index contributed by atoms with van der Waals surface area (Å²) in [5, 5.41) is 3.81. The third-order valence-corrected chi connectivity index (χ3v) is 5.84. The van der Waals surface area contributed by atoms with Crippen LogP contribution in [0.1, 0.15) is 45.6 Å². The number of aromatic nitrogens is 1.